The first-order valence-electron chi connectivity index (χ1n) is 6.96. The number of nitrogen functional groups attached to an aromatic ring is 1. The van der Waals surface area contributed by atoms with Gasteiger partial charge in [0.05, 0.1) is 23.4 Å². The second kappa shape index (κ2) is 7.19. The standard InChI is InChI=1S/C16H19ClN4O2/c1-21(2)15-10(5-4-6-19-15)9-20-16(22)11-7-12(17)13(18)8-14(11)23-3/h4-8H,9,18H2,1-3H3,(H,20,22). The van der Waals surface area contributed by atoms with Gasteiger partial charge in [0.2, 0.25) is 0 Å². The van der Waals surface area contributed by atoms with Crippen LogP contribution in [0.5, 0.6) is 5.75 Å². The Hall–Kier alpha value is -2.47. The molecule has 0 fully saturated rings. The summed E-state index contributed by atoms with van der Waals surface area (Å²) in [5.74, 6) is 0.885. The molecular weight excluding hydrogens is 316 g/mol. The Morgan fingerprint density at radius 1 is 1.43 bits per heavy atom. The van der Waals surface area contributed by atoms with Gasteiger partial charge in [0.15, 0.2) is 0 Å². The van der Waals surface area contributed by atoms with Crippen molar-refractivity contribution in [3.63, 3.8) is 0 Å². The second-order valence-corrected chi connectivity index (χ2v) is 5.54. The molecule has 2 rings (SSSR count). The summed E-state index contributed by atoms with van der Waals surface area (Å²) in [6.45, 7) is 0.339. The Morgan fingerprint density at radius 2 is 2.17 bits per heavy atom. The zero-order valence-electron chi connectivity index (χ0n) is 13.3. The quantitative estimate of drug-likeness (QED) is 0.820. The number of carbonyl (C=O) groups excluding carboxylic acids is 1. The third-order valence-electron chi connectivity index (χ3n) is 3.29. The molecule has 6 nitrogen and oxygen atoms in total. The molecule has 1 amide bonds. The summed E-state index contributed by atoms with van der Waals surface area (Å²) in [5.41, 5.74) is 7.33. The Labute approximate surface area is 140 Å². The lowest BCUT2D eigenvalue weighted by Gasteiger charge is -2.16. The zero-order chi connectivity index (χ0) is 17.0. The smallest absolute Gasteiger partial charge is 0.255 e. The molecule has 0 saturated carbocycles. The Balaban J connectivity index is 2.19. The predicted octanol–water partition coefficient (Wildman–Crippen LogP) is 2.32. The van der Waals surface area contributed by atoms with E-state index in [-0.39, 0.29) is 5.91 Å². The van der Waals surface area contributed by atoms with Crippen LogP contribution in [0.2, 0.25) is 5.02 Å². The Kier molecular flexibility index (Phi) is 5.28. The van der Waals surface area contributed by atoms with Crippen LogP contribution in [0, 0.1) is 0 Å². The first-order chi connectivity index (χ1) is 10.9. The largest absolute Gasteiger partial charge is 0.496 e. The van der Waals surface area contributed by atoms with Crippen molar-refractivity contribution in [3.05, 3.63) is 46.6 Å². The van der Waals surface area contributed by atoms with Gasteiger partial charge in [-0.05, 0) is 12.1 Å². The van der Waals surface area contributed by atoms with E-state index in [1.54, 1.807) is 6.20 Å². The Bertz CT molecular complexity index is 719. The fraction of sp³-hybridized carbons (Fsp3) is 0.250. The van der Waals surface area contributed by atoms with Crippen molar-refractivity contribution in [2.24, 2.45) is 0 Å². The van der Waals surface area contributed by atoms with Crippen LogP contribution in [0.3, 0.4) is 0 Å². The number of nitrogens with two attached hydrogens (primary N) is 1. The number of hydrogen-bond acceptors (Lipinski definition) is 5. The van der Waals surface area contributed by atoms with E-state index < -0.39 is 0 Å². The van der Waals surface area contributed by atoms with Crippen LogP contribution in [0.25, 0.3) is 0 Å². The van der Waals surface area contributed by atoms with E-state index in [4.69, 9.17) is 22.1 Å². The summed E-state index contributed by atoms with van der Waals surface area (Å²) in [6.07, 6.45) is 1.71. The maximum Gasteiger partial charge on any atom is 0.255 e. The number of nitrogens with one attached hydrogen (secondary N) is 1. The van der Waals surface area contributed by atoms with Crippen LogP contribution in [0.1, 0.15) is 15.9 Å². The van der Waals surface area contributed by atoms with Gasteiger partial charge in [0.1, 0.15) is 11.6 Å². The van der Waals surface area contributed by atoms with Gasteiger partial charge in [-0.15, -0.1) is 0 Å². The first kappa shape index (κ1) is 16.9. The van der Waals surface area contributed by atoms with E-state index >= 15 is 0 Å². The lowest BCUT2D eigenvalue weighted by Crippen LogP contribution is -2.25. The van der Waals surface area contributed by atoms with Crippen molar-refractivity contribution in [2.45, 2.75) is 6.54 Å². The lowest BCUT2D eigenvalue weighted by molar-refractivity contribution is 0.0948. The van der Waals surface area contributed by atoms with Gasteiger partial charge in [-0.3, -0.25) is 4.79 Å². The molecule has 0 aliphatic rings. The molecule has 0 spiro atoms. The summed E-state index contributed by atoms with van der Waals surface area (Å²) in [5, 5.41) is 3.16. The van der Waals surface area contributed by atoms with Crippen molar-refractivity contribution in [1.29, 1.82) is 0 Å². The molecule has 1 aromatic heterocycles. The average Bonchev–Trinajstić information content (AvgIpc) is 2.54. The van der Waals surface area contributed by atoms with E-state index in [2.05, 4.69) is 10.3 Å². The average molecular weight is 335 g/mol. The van der Waals surface area contributed by atoms with Crippen molar-refractivity contribution in [1.82, 2.24) is 10.3 Å². The van der Waals surface area contributed by atoms with Crippen molar-refractivity contribution in [3.8, 4) is 5.75 Å². The SMILES string of the molecule is COc1cc(N)c(Cl)cc1C(=O)NCc1cccnc1N(C)C. The summed E-state index contributed by atoms with van der Waals surface area (Å²) in [7, 11) is 5.28. The molecule has 1 aromatic carbocycles. The number of halogens is 1. The minimum absolute atomic E-state index is 0.294. The molecular formula is C16H19ClN4O2. The van der Waals surface area contributed by atoms with Crippen LogP contribution in [-0.2, 0) is 6.54 Å². The Morgan fingerprint density at radius 3 is 2.83 bits per heavy atom. The summed E-state index contributed by atoms with van der Waals surface area (Å²) in [4.78, 5) is 18.6. The van der Waals surface area contributed by atoms with E-state index in [9.17, 15) is 4.79 Å². The lowest BCUT2D eigenvalue weighted by atomic mass is 10.1. The van der Waals surface area contributed by atoms with Crippen molar-refractivity contribution >= 4 is 29.0 Å². The third-order valence-corrected chi connectivity index (χ3v) is 3.62. The fourth-order valence-electron chi connectivity index (χ4n) is 2.16. The maximum atomic E-state index is 12.4. The number of rotatable bonds is 5. The maximum absolute atomic E-state index is 12.4. The number of benzene rings is 1. The number of ether oxygens (including phenoxy) is 1. The van der Waals surface area contributed by atoms with Gasteiger partial charge >= 0.3 is 0 Å². The molecule has 122 valence electrons. The van der Waals surface area contributed by atoms with Crippen molar-refractivity contribution < 1.29 is 9.53 Å². The number of aromatic nitrogens is 1. The summed E-state index contributed by atoms with van der Waals surface area (Å²) < 4.78 is 5.20. The number of carbonyl (C=O) groups is 1. The molecule has 0 bridgehead atoms. The molecule has 7 heteroatoms. The van der Waals surface area contributed by atoms with E-state index in [1.807, 2.05) is 31.1 Å². The van der Waals surface area contributed by atoms with E-state index in [1.165, 1.54) is 19.2 Å². The third kappa shape index (κ3) is 3.84. The number of nitrogens with zero attached hydrogens (tertiary/aromatic N) is 2. The van der Waals surface area contributed by atoms with Gasteiger partial charge in [-0.25, -0.2) is 4.98 Å². The number of anilines is 2. The van der Waals surface area contributed by atoms with Gasteiger partial charge < -0.3 is 20.7 Å². The van der Waals surface area contributed by atoms with Crippen LogP contribution >= 0.6 is 11.6 Å². The second-order valence-electron chi connectivity index (χ2n) is 5.14. The minimum Gasteiger partial charge on any atom is -0.496 e. The van der Waals surface area contributed by atoms with E-state index in [0.717, 1.165) is 11.4 Å². The minimum atomic E-state index is -0.294. The molecule has 2 aromatic rings. The van der Waals surface area contributed by atoms with E-state index in [0.29, 0.717) is 28.6 Å². The highest BCUT2D eigenvalue weighted by Crippen LogP contribution is 2.28. The van der Waals surface area contributed by atoms with Gasteiger partial charge in [0, 0.05) is 38.5 Å². The highest BCUT2D eigenvalue weighted by molar-refractivity contribution is 6.33. The first-order valence-corrected chi connectivity index (χ1v) is 7.34. The zero-order valence-corrected chi connectivity index (χ0v) is 14.0. The molecule has 3 N–H and O–H groups in total. The molecule has 0 atom stereocenters. The topological polar surface area (TPSA) is 80.5 Å². The molecule has 0 aliphatic heterocycles. The fourth-order valence-corrected chi connectivity index (χ4v) is 2.32. The summed E-state index contributed by atoms with van der Waals surface area (Å²) in [6, 6.07) is 6.78. The molecule has 1 heterocycles. The normalized spacial score (nSPS) is 10.3. The van der Waals surface area contributed by atoms with Crippen LogP contribution in [0.4, 0.5) is 11.5 Å². The molecule has 0 radical (unpaired) electrons. The number of methoxy groups -OCH3 is 1. The van der Waals surface area contributed by atoms with Gasteiger partial charge in [0.25, 0.3) is 5.91 Å². The summed E-state index contributed by atoms with van der Waals surface area (Å²) >= 11 is 5.99. The number of amides is 1. The number of pyridine rings is 1. The van der Waals surface area contributed by atoms with Crippen LogP contribution < -0.4 is 20.7 Å². The highest BCUT2D eigenvalue weighted by Gasteiger charge is 2.15. The highest BCUT2D eigenvalue weighted by atomic mass is 35.5. The monoisotopic (exact) mass is 334 g/mol. The van der Waals surface area contributed by atoms with Gasteiger partial charge in [-0.1, -0.05) is 17.7 Å². The van der Waals surface area contributed by atoms with Gasteiger partial charge in [-0.2, -0.15) is 0 Å². The molecule has 0 unspecified atom stereocenters. The predicted molar refractivity (Wildman–Crippen MR) is 92.2 cm³/mol. The van der Waals surface area contributed by atoms with Crippen LogP contribution in [0.15, 0.2) is 30.5 Å². The number of hydrogen-bond donors (Lipinski definition) is 2. The molecule has 0 saturated heterocycles. The van der Waals surface area contributed by atoms with Crippen LogP contribution in [-0.4, -0.2) is 32.1 Å². The van der Waals surface area contributed by atoms with Crippen molar-refractivity contribution in [2.75, 3.05) is 31.8 Å². The molecule has 0 aliphatic carbocycles. The molecule has 23 heavy (non-hydrogen) atoms.